The average Bonchev–Trinajstić information content (AvgIpc) is 2.53. The molecular weight excluding hydrogens is 244 g/mol. The Hall–Kier alpha value is -1.67. The van der Waals surface area contributed by atoms with E-state index >= 15 is 0 Å². The second kappa shape index (κ2) is 7.81. The highest BCUT2D eigenvalue weighted by atomic mass is 14.9. The van der Waals surface area contributed by atoms with Gasteiger partial charge in [-0.1, -0.05) is 63.1 Å². The summed E-state index contributed by atoms with van der Waals surface area (Å²) in [5.74, 6) is 0.654. The third-order valence-electron chi connectivity index (χ3n) is 3.91. The maximum absolute atomic E-state index is 4.39. The Morgan fingerprint density at radius 2 is 1.65 bits per heavy atom. The van der Waals surface area contributed by atoms with Crippen LogP contribution in [-0.2, 0) is 6.54 Å². The number of rotatable bonds is 7. The van der Waals surface area contributed by atoms with Crippen LogP contribution in [0, 0.1) is 5.92 Å². The summed E-state index contributed by atoms with van der Waals surface area (Å²) in [5.41, 5.74) is 2.47. The Bertz CT molecular complexity index is 477. The van der Waals surface area contributed by atoms with Gasteiger partial charge in [0.15, 0.2) is 0 Å². The molecule has 0 aliphatic carbocycles. The van der Waals surface area contributed by atoms with Gasteiger partial charge in [-0.2, -0.15) is 0 Å². The molecule has 0 saturated heterocycles. The highest BCUT2D eigenvalue weighted by Crippen LogP contribution is 2.27. The zero-order valence-electron chi connectivity index (χ0n) is 12.4. The third kappa shape index (κ3) is 3.91. The van der Waals surface area contributed by atoms with Crippen LogP contribution in [0.4, 0.5) is 0 Å². The fourth-order valence-electron chi connectivity index (χ4n) is 2.69. The fraction of sp³-hybridized carbons (Fsp3) is 0.389. The maximum Gasteiger partial charge on any atom is 0.0541 e. The summed E-state index contributed by atoms with van der Waals surface area (Å²) in [6.07, 6.45) is 4.22. The molecule has 1 N–H and O–H groups in total. The van der Waals surface area contributed by atoms with E-state index in [1.165, 1.54) is 18.4 Å². The lowest BCUT2D eigenvalue weighted by Gasteiger charge is -2.27. The van der Waals surface area contributed by atoms with Crippen LogP contribution in [-0.4, -0.2) is 4.98 Å². The van der Waals surface area contributed by atoms with Gasteiger partial charge in [0, 0.05) is 18.8 Å². The highest BCUT2D eigenvalue weighted by Gasteiger charge is 2.19. The van der Waals surface area contributed by atoms with Gasteiger partial charge in [0.25, 0.3) is 0 Å². The predicted octanol–water partition coefficient (Wildman–Crippen LogP) is 4.35. The number of nitrogens with zero attached hydrogens (tertiary/aromatic N) is 1. The van der Waals surface area contributed by atoms with E-state index in [1.54, 1.807) is 0 Å². The predicted molar refractivity (Wildman–Crippen MR) is 84.3 cm³/mol. The monoisotopic (exact) mass is 268 g/mol. The third-order valence-corrected chi connectivity index (χ3v) is 3.91. The van der Waals surface area contributed by atoms with Gasteiger partial charge in [-0.15, -0.1) is 0 Å². The zero-order chi connectivity index (χ0) is 14.2. The summed E-state index contributed by atoms with van der Waals surface area (Å²) in [4.78, 5) is 4.39. The van der Waals surface area contributed by atoms with Gasteiger partial charge in [-0.3, -0.25) is 4.98 Å². The number of hydrogen-bond donors (Lipinski definition) is 1. The number of aromatic nitrogens is 1. The Balaban J connectivity index is 2.11. The van der Waals surface area contributed by atoms with E-state index in [9.17, 15) is 0 Å². The van der Waals surface area contributed by atoms with Crippen LogP contribution in [0.2, 0.25) is 0 Å². The van der Waals surface area contributed by atoms with E-state index in [4.69, 9.17) is 0 Å². The molecule has 0 radical (unpaired) electrons. The van der Waals surface area contributed by atoms with Crippen LogP contribution in [0.3, 0.4) is 0 Å². The molecule has 20 heavy (non-hydrogen) atoms. The molecule has 1 atom stereocenters. The number of nitrogens with one attached hydrogen (secondary N) is 1. The summed E-state index contributed by atoms with van der Waals surface area (Å²) in [7, 11) is 0. The molecule has 0 aliphatic heterocycles. The Morgan fingerprint density at radius 3 is 2.25 bits per heavy atom. The normalized spacial score (nSPS) is 12.6. The SMILES string of the molecule is CCC(CC)[C@H](NCc1ccccn1)c1ccccc1. The van der Waals surface area contributed by atoms with E-state index in [-0.39, 0.29) is 0 Å². The maximum atomic E-state index is 4.39. The molecule has 0 amide bonds. The molecule has 1 aromatic heterocycles. The lowest BCUT2D eigenvalue weighted by Crippen LogP contribution is -2.28. The molecule has 0 saturated carbocycles. The second-order valence-electron chi connectivity index (χ2n) is 5.17. The van der Waals surface area contributed by atoms with Crippen LogP contribution in [0.5, 0.6) is 0 Å². The lowest BCUT2D eigenvalue weighted by atomic mass is 9.89. The summed E-state index contributed by atoms with van der Waals surface area (Å²) < 4.78 is 0. The first-order valence-corrected chi connectivity index (χ1v) is 7.53. The molecule has 106 valence electrons. The van der Waals surface area contributed by atoms with E-state index in [0.717, 1.165) is 12.2 Å². The van der Waals surface area contributed by atoms with E-state index in [1.807, 2.05) is 18.3 Å². The van der Waals surface area contributed by atoms with E-state index in [0.29, 0.717) is 12.0 Å². The van der Waals surface area contributed by atoms with Crippen LogP contribution < -0.4 is 5.32 Å². The number of hydrogen-bond acceptors (Lipinski definition) is 2. The number of pyridine rings is 1. The van der Waals surface area contributed by atoms with Crippen LogP contribution in [0.15, 0.2) is 54.7 Å². The Morgan fingerprint density at radius 1 is 0.950 bits per heavy atom. The topological polar surface area (TPSA) is 24.9 Å². The minimum Gasteiger partial charge on any atom is -0.304 e. The summed E-state index contributed by atoms with van der Waals surface area (Å²) in [5, 5.41) is 3.69. The molecule has 0 spiro atoms. The summed E-state index contributed by atoms with van der Waals surface area (Å²) >= 11 is 0. The first kappa shape index (κ1) is 14.7. The van der Waals surface area contributed by atoms with Gasteiger partial charge in [0.05, 0.1) is 5.69 Å². The zero-order valence-corrected chi connectivity index (χ0v) is 12.4. The van der Waals surface area contributed by atoms with Gasteiger partial charge in [0.1, 0.15) is 0 Å². The van der Waals surface area contributed by atoms with Crippen molar-refractivity contribution in [3.63, 3.8) is 0 Å². The molecule has 1 heterocycles. The standard InChI is InChI=1S/C18H24N2/c1-3-15(4-2)18(16-10-6-5-7-11-16)20-14-17-12-8-9-13-19-17/h5-13,15,18,20H,3-4,14H2,1-2H3/t18-/m0/s1. The van der Waals surface area contributed by atoms with Crippen molar-refractivity contribution in [2.24, 2.45) is 5.92 Å². The number of benzene rings is 1. The molecule has 0 aliphatic rings. The van der Waals surface area contributed by atoms with Gasteiger partial charge < -0.3 is 5.32 Å². The molecule has 2 nitrogen and oxygen atoms in total. The lowest BCUT2D eigenvalue weighted by molar-refractivity contribution is 0.338. The van der Waals surface area contributed by atoms with Crippen molar-refractivity contribution in [2.75, 3.05) is 0 Å². The Labute approximate surface area is 122 Å². The van der Waals surface area contributed by atoms with Gasteiger partial charge >= 0.3 is 0 Å². The molecule has 2 rings (SSSR count). The molecular formula is C18H24N2. The first-order valence-electron chi connectivity index (χ1n) is 7.53. The van der Waals surface area contributed by atoms with Crippen molar-refractivity contribution in [3.8, 4) is 0 Å². The van der Waals surface area contributed by atoms with Crippen molar-refractivity contribution in [1.82, 2.24) is 10.3 Å². The van der Waals surface area contributed by atoms with Crippen molar-refractivity contribution < 1.29 is 0 Å². The van der Waals surface area contributed by atoms with Crippen molar-refractivity contribution in [1.29, 1.82) is 0 Å². The quantitative estimate of drug-likeness (QED) is 0.807. The first-order chi connectivity index (χ1) is 9.85. The molecule has 1 aromatic carbocycles. The highest BCUT2D eigenvalue weighted by molar-refractivity contribution is 5.20. The van der Waals surface area contributed by atoms with E-state index < -0.39 is 0 Å². The van der Waals surface area contributed by atoms with Gasteiger partial charge in [0.2, 0.25) is 0 Å². The average molecular weight is 268 g/mol. The van der Waals surface area contributed by atoms with Crippen LogP contribution in [0.1, 0.15) is 44.0 Å². The Kier molecular flexibility index (Phi) is 5.75. The molecule has 2 heteroatoms. The van der Waals surface area contributed by atoms with Crippen LogP contribution >= 0.6 is 0 Å². The van der Waals surface area contributed by atoms with Gasteiger partial charge in [-0.05, 0) is 23.6 Å². The molecule has 0 fully saturated rings. The minimum absolute atomic E-state index is 0.396. The second-order valence-corrected chi connectivity index (χ2v) is 5.17. The largest absolute Gasteiger partial charge is 0.304 e. The molecule has 2 aromatic rings. The molecule has 0 unspecified atom stereocenters. The summed E-state index contributed by atoms with van der Waals surface area (Å²) in [6, 6.07) is 17.2. The van der Waals surface area contributed by atoms with Crippen LogP contribution in [0.25, 0.3) is 0 Å². The van der Waals surface area contributed by atoms with E-state index in [2.05, 4.69) is 60.5 Å². The fourth-order valence-corrected chi connectivity index (χ4v) is 2.69. The minimum atomic E-state index is 0.396. The van der Waals surface area contributed by atoms with Crippen molar-refractivity contribution in [2.45, 2.75) is 39.3 Å². The van der Waals surface area contributed by atoms with Crippen molar-refractivity contribution >= 4 is 0 Å². The van der Waals surface area contributed by atoms with Crippen molar-refractivity contribution in [3.05, 3.63) is 66.0 Å². The smallest absolute Gasteiger partial charge is 0.0541 e. The molecule has 0 bridgehead atoms. The van der Waals surface area contributed by atoms with Gasteiger partial charge in [-0.25, -0.2) is 0 Å². The summed E-state index contributed by atoms with van der Waals surface area (Å²) in [6.45, 7) is 5.36.